The van der Waals surface area contributed by atoms with E-state index in [4.69, 9.17) is 4.74 Å². The van der Waals surface area contributed by atoms with Crippen LogP contribution in [0.4, 0.5) is 13.2 Å². The number of thioether (sulfide) groups is 1. The monoisotopic (exact) mass is 353 g/mol. The fourth-order valence-corrected chi connectivity index (χ4v) is 3.55. The fourth-order valence-electron chi connectivity index (χ4n) is 2.31. The lowest BCUT2D eigenvalue weighted by Gasteiger charge is -2.13. The maximum atomic E-state index is 12.7. The van der Waals surface area contributed by atoms with Crippen molar-refractivity contribution in [3.8, 4) is 6.01 Å². The Bertz CT molecular complexity index is 775. The number of nitrogens with one attached hydrogen (secondary N) is 1. The standard InChI is InChI=1S/C16H14F3N3OS/c1-9-13(12-7-8-20-15(22-12)23-2)24-14(21-9)10-3-5-11(6-4-10)16(17,18)19/h3-8,14,21H,1-2H3. The number of rotatable bonds is 3. The van der Waals surface area contributed by atoms with Gasteiger partial charge in [0.1, 0.15) is 5.37 Å². The summed E-state index contributed by atoms with van der Waals surface area (Å²) in [5.41, 5.74) is 1.74. The molecule has 1 N–H and O–H groups in total. The van der Waals surface area contributed by atoms with Gasteiger partial charge in [0.25, 0.3) is 0 Å². The van der Waals surface area contributed by atoms with Gasteiger partial charge in [-0.2, -0.15) is 18.2 Å². The molecular formula is C16H14F3N3OS. The average Bonchev–Trinajstić information content (AvgIpc) is 2.96. The highest BCUT2D eigenvalue weighted by molar-refractivity contribution is 8.08. The third-order valence-electron chi connectivity index (χ3n) is 3.51. The van der Waals surface area contributed by atoms with E-state index in [0.717, 1.165) is 28.3 Å². The summed E-state index contributed by atoms with van der Waals surface area (Å²) in [7, 11) is 1.49. The van der Waals surface area contributed by atoms with E-state index in [2.05, 4.69) is 15.3 Å². The van der Waals surface area contributed by atoms with Crippen LogP contribution < -0.4 is 10.1 Å². The quantitative estimate of drug-likeness (QED) is 0.895. The molecule has 1 aliphatic rings. The highest BCUT2D eigenvalue weighted by Gasteiger charge is 2.31. The summed E-state index contributed by atoms with van der Waals surface area (Å²) in [6, 6.07) is 7.21. The van der Waals surface area contributed by atoms with Gasteiger partial charge in [-0.1, -0.05) is 23.9 Å². The van der Waals surface area contributed by atoms with Gasteiger partial charge in [0.2, 0.25) is 0 Å². The first kappa shape index (κ1) is 16.6. The zero-order chi connectivity index (χ0) is 17.3. The summed E-state index contributed by atoms with van der Waals surface area (Å²) >= 11 is 1.50. The van der Waals surface area contributed by atoms with Crippen molar-refractivity contribution in [3.05, 3.63) is 59.0 Å². The van der Waals surface area contributed by atoms with Crippen molar-refractivity contribution < 1.29 is 17.9 Å². The van der Waals surface area contributed by atoms with Gasteiger partial charge in [-0.25, -0.2) is 4.98 Å². The van der Waals surface area contributed by atoms with Crippen molar-refractivity contribution in [3.63, 3.8) is 0 Å². The zero-order valence-corrected chi connectivity index (χ0v) is 13.7. The number of ether oxygens (including phenoxy) is 1. The maximum absolute atomic E-state index is 12.7. The minimum absolute atomic E-state index is 0.164. The number of alkyl halides is 3. The number of benzene rings is 1. The Balaban J connectivity index is 1.80. The van der Waals surface area contributed by atoms with Gasteiger partial charge in [0.05, 0.1) is 23.3 Å². The molecule has 8 heteroatoms. The molecule has 0 spiro atoms. The number of nitrogens with zero attached hydrogens (tertiary/aromatic N) is 2. The lowest BCUT2D eigenvalue weighted by atomic mass is 10.1. The molecule has 0 fully saturated rings. The first-order chi connectivity index (χ1) is 11.4. The second kappa shape index (κ2) is 6.35. The number of aromatic nitrogens is 2. The van der Waals surface area contributed by atoms with Gasteiger partial charge in [0.15, 0.2) is 0 Å². The van der Waals surface area contributed by atoms with Crippen molar-refractivity contribution >= 4 is 16.7 Å². The molecule has 0 bridgehead atoms. The summed E-state index contributed by atoms with van der Waals surface area (Å²) in [6.07, 6.45) is -2.72. The highest BCUT2D eigenvalue weighted by atomic mass is 32.2. The second-order valence-electron chi connectivity index (χ2n) is 5.14. The van der Waals surface area contributed by atoms with Gasteiger partial charge in [-0.15, -0.1) is 0 Å². The Labute approximate surface area is 141 Å². The highest BCUT2D eigenvalue weighted by Crippen LogP contribution is 2.45. The number of allylic oxidation sites excluding steroid dienone is 1. The SMILES string of the molecule is COc1nccc(C2=C(C)NC(c3ccc(C(F)(F)F)cc3)S2)n1. The first-order valence-electron chi connectivity index (χ1n) is 7.07. The van der Waals surface area contributed by atoms with E-state index in [1.165, 1.54) is 31.0 Å². The molecule has 1 aromatic heterocycles. The Kier molecular flexibility index (Phi) is 4.40. The van der Waals surface area contributed by atoms with Gasteiger partial charge < -0.3 is 10.1 Å². The van der Waals surface area contributed by atoms with Crippen LogP contribution in [0.3, 0.4) is 0 Å². The topological polar surface area (TPSA) is 47.0 Å². The van der Waals surface area contributed by atoms with E-state index >= 15 is 0 Å². The van der Waals surface area contributed by atoms with Crippen LogP contribution in [0.25, 0.3) is 4.91 Å². The Morgan fingerprint density at radius 3 is 2.50 bits per heavy atom. The van der Waals surface area contributed by atoms with Crippen LogP contribution in [0.1, 0.15) is 29.1 Å². The Morgan fingerprint density at radius 2 is 1.88 bits per heavy atom. The van der Waals surface area contributed by atoms with E-state index < -0.39 is 11.7 Å². The largest absolute Gasteiger partial charge is 0.467 e. The molecule has 0 amide bonds. The summed E-state index contributed by atoms with van der Waals surface area (Å²) < 4.78 is 43.0. The number of hydrogen-bond acceptors (Lipinski definition) is 5. The van der Waals surface area contributed by atoms with E-state index in [0.29, 0.717) is 5.69 Å². The van der Waals surface area contributed by atoms with Crippen LogP contribution in [0.2, 0.25) is 0 Å². The van der Waals surface area contributed by atoms with Crippen molar-refractivity contribution in [2.75, 3.05) is 7.11 Å². The van der Waals surface area contributed by atoms with Crippen LogP contribution in [-0.2, 0) is 6.18 Å². The molecule has 0 saturated carbocycles. The zero-order valence-electron chi connectivity index (χ0n) is 12.9. The predicted molar refractivity (Wildman–Crippen MR) is 86.1 cm³/mol. The van der Waals surface area contributed by atoms with Crippen molar-refractivity contribution in [2.45, 2.75) is 18.5 Å². The predicted octanol–water partition coefficient (Wildman–Crippen LogP) is 4.23. The van der Waals surface area contributed by atoms with E-state index in [-0.39, 0.29) is 11.4 Å². The van der Waals surface area contributed by atoms with E-state index in [1.54, 1.807) is 12.3 Å². The Hall–Kier alpha value is -2.22. The number of methoxy groups -OCH3 is 1. The summed E-state index contributed by atoms with van der Waals surface area (Å²) in [5.74, 6) is 0. The molecule has 2 aromatic rings. The van der Waals surface area contributed by atoms with E-state index in [9.17, 15) is 13.2 Å². The van der Waals surface area contributed by atoms with Crippen LogP contribution in [-0.4, -0.2) is 17.1 Å². The Morgan fingerprint density at radius 1 is 1.17 bits per heavy atom. The summed E-state index contributed by atoms with van der Waals surface area (Å²) in [6.45, 7) is 1.90. The van der Waals surface area contributed by atoms with Crippen LogP contribution in [0, 0.1) is 0 Å². The van der Waals surface area contributed by atoms with Gasteiger partial charge in [-0.05, 0) is 30.7 Å². The molecule has 0 radical (unpaired) electrons. The molecule has 2 heterocycles. The molecule has 1 aliphatic heterocycles. The van der Waals surface area contributed by atoms with Gasteiger partial charge in [-0.3, -0.25) is 0 Å². The molecule has 0 aliphatic carbocycles. The molecule has 1 atom stereocenters. The molecular weight excluding hydrogens is 339 g/mol. The smallest absolute Gasteiger partial charge is 0.416 e. The number of halogens is 3. The fraction of sp³-hybridized carbons (Fsp3) is 0.250. The van der Waals surface area contributed by atoms with Crippen LogP contribution in [0.5, 0.6) is 6.01 Å². The van der Waals surface area contributed by atoms with Crippen molar-refractivity contribution in [1.82, 2.24) is 15.3 Å². The minimum atomic E-state index is -4.33. The maximum Gasteiger partial charge on any atom is 0.416 e. The third-order valence-corrected chi connectivity index (χ3v) is 4.89. The van der Waals surface area contributed by atoms with Gasteiger partial charge in [0, 0.05) is 11.9 Å². The minimum Gasteiger partial charge on any atom is -0.467 e. The lowest BCUT2D eigenvalue weighted by Crippen LogP contribution is -2.11. The summed E-state index contributed by atoms with van der Waals surface area (Å²) in [5, 5.41) is 3.11. The second-order valence-corrected chi connectivity index (χ2v) is 6.26. The van der Waals surface area contributed by atoms with Crippen LogP contribution >= 0.6 is 11.8 Å². The molecule has 1 aromatic carbocycles. The van der Waals surface area contributed by atoms with Crippen LogP contribution in [0.15, 0.2) is 42.2 Å². The van der Waals surface area contributed by atoms with Crippen molar-refractivity contribution in [1.29, 1.82) is 0 Å². The average molecular weight is 353 g/mol. The third kappa shape index (κ3) is 3.33. The number of hydrogen-bond donors (Lipinski definition) is 1. The molecule has 3 rings (SSSR count). The first-order valence-corrected chi connectivity index (χ1v) is 7.95. The molecule has 24 heavy (non-hydrogen) atoms. The normalized spacial score (nSPS) is 17.8. The van der Waals surface area contributed by atoms with E-state index in [1.807, 2.05) is 6.92 Å². The summed E-state index contributed by atoms with van der Waals surface area (Å²) in [4.78, 5) is 9.19. The molecule has 126 valence electrons. The van der Waals surface area contributed by atoms with Gasteiger partial charge >= 0.3 is 12.2 Å². The molecule has 1 unspecified atom stereocenters. The molecule has 4 nitrogen and oxygen atoms in total. The molecule has 0 saturated heterocycles. The lowest BCUT2D eigenvalue weighted by molar-refractivity contribution is -0.137. The van der Waals surface area contributed by atoms with Crippen molar-refractivity contribution in [2.24, 2.45) is 0 Å².